The van der Waals surface area contributed by atoms with E-state index in [1.165, 1.54) is 24.3 Å². The predicted octanol–water partition coefficient (Wildman–Crippen LogP) is 2.09. The largest absolute Gasteiger partial charge is 0.411 e. The highest BCUT2D eigenvalue weighted by Gasteiger charge is 2.43. The first kappa shape index (κ1) is 21.8. The molecule has 3 amide bonds. The number of halogens is 4. The van der Waals surface area contributed by atoms with Gasteiger partial charge in [0.15, 0.2) is 0 Å². The van der Waals surface area contributed by atoms with Crippen molar-refractivity contribution in [2.24, 2.45) is 5.92 Å². The highest BCUT2D eigenvalue weighted by Crippen LogP contribution is 2.35. The van der Waals surface area contributed by atoms with Crippen LogP contribution >= 0.6 is 0 Å². The van der Waals surface area contributed by atoms with Crippen molar-refractivity contribution in [2.45, 2.75) is 30.8 Å². The van der Waals surface area contributed by atoms with Crippen LogP contribution in [0.5, 0.6) is 0 Å². The summed E-state index contributed by atoms with van der Waals surface area (Å²) in [7, 11) is 0. The number of benzene rings is 1. The smallest absolute Gasteiger partial charge is 0.366 e. The number of likely N-dealkylation sites (tertiary alicyclic amines) is 2. The highest BCUT2D eigenvalue weighted by atomic mass is 19.4. The zero-order valence-corrected chi connectivity index (χ0v) is 16.6. The van der Waals surface area contributed by atoms with Gasteiger partial charge in [-0.25, -0.2) is 9.18 Å². The zero-order chi connectivity index (χ0) is 22.2. The Morgan fingerprint density at radius 2 is 1.90 bits per heavy atom. The van der Waals surface area contributed by atoms with E-state index in [0.717, 1.165) is 0 Å². The van der Waals surface area contributed by atoms with Crippen LogP contribution in [0.3, 0.4) is 0 Å². The zero-order valence-electron chi connectivity index (χ0n) is 16.6. The molecule has 7 nitrogen and oxygen atoms in total. The van der Waals surface area contributed by atoms with Gasteiger partial charge < -0.3 is 24.6 Å². The van der Waals surface area contributed by atoms with Crippen LogP contribution in [0.1, 0.15) is 18.1 Å². The Morgan fingerprint density at radius 3 is 2.58 bits per heavy atom. The Hall–Kier alpha value is -2.40. The molecule has 0 unspecified atom stereocenters. The number of rotatable bonds is 4. The van der Waals surface area contributed by atoms with Crippen molar-refractivity contribution in [3.05, 3.63) is 35.6 Å². The molecule has 0 radical (unpaired) electrons. The van der Waals surface area contributed by atoms with Crippen molar-refractivity contribution in [1.82, 2.24) is 15.1 Å². The monoisotopic (exact) mass is 445 g/mol. The number of alkyl halides is 3. The number of nitrogens with one attached hydrogen (secondary N) is 1. The van der Waals surface area contributed by atoms with E-state index >= 15 is 0 Å². The first-order valence-corrected chi connectivity index (χ1v) is 10.1. The van der Waals surface area contributed by atoms with Gasteiger partial charge in [-0.15, -0.1) is 0 Å². The maximum Gasteiger partial charge on any atom is 0.411 e. The molecule has 3 aliphatic rings. The molecular formula is C20H23F4N3O4. The molecule has 0 aliphatic carbocycles. The van der Waals surface area contributed by atoms with E-state index in [9.17, 15) is 27.2 Å². The van der Waals surface area contributed by atoms with Crippen molar-refractivity contribution < 1.29 is 36.6 Å². The average Bonchev–Trinajstić information content (AvgIpc) is 2.68. The summed E-state index contributed by atoms with van der Waals surface area (Å²) >= 11 is 0. The minimum atomic E-state index is -4.49. The fourth-order valence-electron chi connectivity index (χ4n) is 4.28. The van der Waals surface area contributed by atoms with Crippen molar-refractivity contribution in [3.8, 4) is 0 Å². The van der Waals surface area contributed by atoms with Gasteiger partial charge in [-0.1, -0.05) is 12.1 Å². The molecule has 1 N–H and O–H groups in total. The molecule has 3 heterocycles. The number of carbonyl (C=O) groups excluding carboxylic acids is 2. The number of amides is 3. The van der Waals surface area contributed by atoms with Crippen molar-refractivity contribution in [1.29, 1.82) is 0 Å². The van der Waals surface area contributed by atoms with Crippen LogP contribution < -0.4 is 5.32 Å². The summed E-state index contributed by atoms with van der Waals surface area (Å²) in [6, 6.07) is 4.65. The van der Waals surface area contributed by atoms with Gasteiger partial charge in [-0.3, -0.25) is 4.79 Å². The van der Waals surface area contributed by atoms with Crippen LogP contribution in [0, 0.1) is 11.7 Å². The third-order valence-electron chi connectivity index (χ3n) is 5.83. The van der Waals surface area contributed by atoms with E-state index in [1.54, 1.807) is 9.80 Å². The molecule has 3 atom stereocenters. The van der Waals surface area contributed by atoms with E-state index in [4.69, 9.17) is 9.47 Å². The van der Waals surface area contributed by atoms with Gasteiger partial charge in [0.25, 0.3) is 0 Å². The fraction of sp³-hybridized carbons (Fsp3) is 0.600. The summed E-state index contributed by atoms with van der Waals surface area (Å²) in [6.45, 7) is -0.149. The van der Waals surface area contributed by atoms with E-state index in [2.05, 4.69) is 5.32 Å². The lowest BCUT2D eigenvalue weighted by Crippen LogP contribution is -2.64. The molecule has 11 heteroatoms. The number of carbonyl (C=O) groups is 2. The number of hydrogen-bond acceptors (Lipinski definition) is 4. The summed E-state index contributed by atoms with van der Waals surface area (Å²) in [5.74, 6) is -1.05. The van der Waals surface area contributed by atoms with Crippen LogP contribution in [0.15, 0.2) is 24.3 Å². The lowest BCUT2D eigenvalue weighted by molar-refractivity contribution is -0.196. The van der Waals surface area contributed by atoms with E-state index < -0.39 is 24.7 Å². The average molecular weight is 445 g/mol. The van der Waals surface area contributed by atoms with Crippen molar-refractivity contribution >= 4 is 11.9 Å². The summed E-state index contributed by atoms with van der Waals surface area (Å²) in [6.07, 6.45) is -4.91. The van der Waals surface area contributed by atoms with E-state index in [0.29, 0.717) is 25.1 Å². The molecule has 1 aromatic carbocycles. The lowest BCUT2D eigenvalue weighted by atomic mass is 9.89. The summed E-state index contributed by atoms with van der Waals surface area (Å²) in [5.41, 5.74) is 0.436. The maximum absolute atomic E-state index is 13.2. The van der Waals surface area contributed by atoms with Crippen LogP contribution in [-0.4, -0.2) is 79.5 Å². The first-order chi connectivity index (χ1) is 14.7. The molecule has 1 aromatic rings. The maximum atomic E-state index is 13.2. The number of ether oxygens (including phenoxy) is 2. The van der Waals surface area contributed by atoms with Gasteiger partial charge >= 0.3 is 12.2 Å². The number of fused-ring (bicyclic) bond motifs is 1. The Bertz CT molecular complexity index is 814. The molecule has 31 heavy (non-hydrogen) atoms. The summed E-state index contributed by atoms with van der Waals surface area (Å²) < 4.78 is 61.9. The van der Waals surface area contributed by atoms with E-state index in [1.807, 2.05) is 0 Å². The quantitative estimate of drug-likeness (QED) is 0.721. The fourth-order valence-corrected chi connectivity index (χ4v) is 4.28. The number of urea groups is 1. The van der Waals surface area contributed by atoms with Crippen molar-refractivity contribution in [2.75, 3.05) is 39.4 Å². The van der Waals surface area contributed by atoms with Crippen LogP contribution in [0.25, 0.3) is 0 Å². The van der Waals surface area contributed by atoms with Gasteiger partial charge in [0, 0.05) is 32.1 Å². The molecule has 0 spiro atoms. The second kappa shape index (κ2) is 8.62. The number of nitrogens with zero attached hydrogens (tertiary/aromatic N) is 2. The molecular weight excluding hydrogens is 422 g/mol. The first-order valence-electron chi connectivity index (χ1n) is 10.1. The molecule has 4 rings (SSSR count). The highest BCUT2D eigenvalue weighted by molar-refractivity contribution is 5.79. The van der Waals surface area contributed by atoms with Gasteiger partial charge in [0.1, 0.15) is 19.0 Å². The Labute approximate surface area is 176 Å². The third kappa shape index (κ3) is 5.09. The molecule has 3 saturated heterocycles. The molecule has 3 aliphatic heterocycles. The lowest BCUT2D eigenvalue weighted by Gasteiger charge is -2.47. The van der Waals surface area contributed by atoms with Gasteiger partial charge in [-0.2, -0.15) is 13.2 Å². The SMILES string of the molecule is O=C1CO[C@H]2CCN(C(=O)N3CC([C@@H](OCC(F)(F)F)c4ccc(F)cc4)C3)C[C@H]2N1. The number of morpholine rings is 1. The van der Waals surface area contributed by atoms with Gasteiger partial charge in [0.05, 0.1) is 18.2 Å². The minimum Gasteiger partial charge on any atom is -0.366 e. The van der Waals surface area contributed by atoms with Crippen LogP contribution in [0.2, 0.25) is 0 Å². The molecule has 0 aromatic heterocycles. The second-order valence-corrected chi connectivity index (χ2v) is 8.10. The Balaban J connectivity index is 1.36. The standard InChI is InChI=1S/C20H23F4N3O4/c21-14-3-1-12(2-4-14)18(31-11-20(22,23)24)13-7-27(8-13)19(29)26-6-5-16-15(9-26)25-17(28)10-30-16/h1-4,13,15-16,18H,5-11H2,(H,25,28)/t15-,16+,18+/m1/s1. The molecule has 0 bridgehead atoms. The predicted molar refractivity (Wildman–Crippen MR) is 99.5 cm³/mol. The molecule has 170 valence electrons. The number of hydrogen-bond donors (Lipinski definition) is 1. The molecule has 0 saturated carbocycles. The number of piperidine rings is 1. The van der Waals surface area contributed by atoms with E-state index in [-0.39, 0.29) is 49.7 Å². The van der Waals surface area contributed by atoms with Crippen molar-refractivity contribution in [3.63, 3.8) is 0 Å². The summed E-state index contributed by atoms with van der Waals surface area (Å²) in [4.78, 5) is 27.5. The summed E-state index contributed by atoms with van der Waals surface area (Å²) in [5, 5.41) is 2.83. The Kier molecular flexibility index (Phi) is 6.07. The Morgan fingerprint density at radius 1 is 1.19 bits per heavy atom. The third-order valence-corrected chi connectivity index (χ3v) is 5.83. The van der Waals surface area contributed by atoms with Crippen LogP contribution in [-0.2, 0) is 14.3 Å². The van der Waals surface area contributed by atoms with Gasteiger partial charge in [-0.05, 0) is 24.1 Å². The normalized spacial score (nSPS) is 25.5. The minimum absolute atomic E-state index is 0.0195. The molecule has 3 fully saturated rings. The van der Waals surface area contributed by atoms with Crippen LogP contribution in [0.4, 0.5) is 22.4 Å². The second-order valence-electron chi connectivity index (χ2n) is 8.10. The topological polar surface area (TPSA) is 71.1 Å². The van der Waals surface area contributed by atoms with Gasteiger partial charge in [0.2, 0.25) is 5.91 Å².